The molecule has 1 unspecified atom stereocenters. The van der Waals surface area contributed by atoms with Crippen LogP contribution in [0.1, 0.15) is 85.5 Å². The minimum atomic E-state index is -0.931. The molecule has 5 aliphatic rings. The average molecular weight is 702 g/mol. The summed E-state index contributed by atoms with van der Waals surface area (Å²) in [5.74, 6) is -2.00. The number of aliphatic hydroxyl groups is 1. The molecule has 3 N–H and O–H groups in total. The lowest BCUT2D eigenvalue weighted by Gasteiger charge is -2.39. The minimum Gasteiger partial charge on any atom is -0.465 e. The van der Waals surface area contributed by atoms with Gasteiger partial charge in [0.2, 0.25) is 5.91 Å². The van der Waals surface area contributed by atoms with Gasteiger partial charge >= 0.3 is 12.1 Å². The predicted octanol–water partition coefficient (Wildman–Crippen LogP) is 3.19. The van der Waals surface area contributed by atoms with Crippen molar-refractivity contribution < 1.29 is 53.2 Å². The number of allylic oxidation sites excluding steroid dienone is 2. The van der Waals surface area contributed by atoms with E-state index in [1.54, 1.807) is 12.2 Å². The van der Waals surface area contributed by atoms with Gasteiger partial charge in [0, 0.05) is 31.8 Å². The fourth-order valence-corrected chi connectivity index (χ4v) is 7.45. The SMILES string of the molecule is CC(/C=C/[C@H]1O[C@H](CC(=O)ON2C(=O)CCC2=O)C[C@@]2(CO2)[C@@H]1O)=C\C[C@@H]1O[C@H](C)[C@H](NC(=O)/C=C\C(C)[C@@H]2CCCCN2C(=O)O)C[C@@H]1C. The largest absolute Gasteiger partial charge is 0.465 e. The van der Waals surface area contributed by atoms with Crippen molar-refractivity contribution in [2.75, 3.05) is 13.2 Å². The quantitative estimate of drug-likeness (QED) is 0.124. The Morgan fingerprint density at radius 3 is 2.52 bits per heavy atom. The van der Waals surface area contributed by atoms with Crippen LogP contribution < -0.4 is 5.32 Å². The summed E-state index contributed by atoms with van der Waals surface area (Å²) in [5.41, 5.74) is 0.116. The Balaban J connectivity index is 1.09. The number of carbonyl (C=O) groups excluding carboxylic acids is 4. The van der Waals surface area contributed by atoms with E-state index in [0.29, 0.717) is 24.6 Å². The average Bonchev–Trinajstić information content (AvgIpc) is 3.79. The molecule has 276 valence electrons. The van der Waals surface area contributed by atoms with E-state index in [9.17, 15) is 34.2 Å². The third-order valence-corrected chi connectivity index (χ3v) is 10.6. The highest BCUT2D eigenvalue weighted by Gasteiger charge is 2.58. The number of ether oxygens (including phenoxy) is 3. The van der Waals surface area contributed by atoms with Crippen LogP contribution >= 0.6 is 0 Å². The van der Waals surface area contributed by atoms with Gasteiger partial charge in [-0.15, -0.1) is 5.06 Å². The Labute approximate surface area is 292 Å². The number of hydrogen-bond donors (Lipinski definition) is 3. The Morgan fingerprint density at radius 1 is 1.12 bits per heavy atom. The second kappa shape index (κ2) is 16.2. The summed E-state index contributed by atoms with van der Waals surface area (Å²) in [6.45, 7) is 8.79. The van der Waals surface area contributed by atoms with Gasteiger partial charge < -0.3 is 39.5 Å². The molecule has 0 aromatic rings. The Hall–Kier alpha value is -3.59. The van der Waals surface area contributed by atoms with Crippen molar-refractivity contribution >= 4 is 29.8 Å². The summed E-state index contributed by atoms with van der Waals surface area (Å²) in [5, 5.41) is 24.1. The summed E-state index contributed by atoms with van der Waals surface area (Å²) in [4.78, 5) is 67.0. The number of carboxylic acid groups (broad SMARTS) is 1. The van der Waals surface area contributed by atoms with Crippen molar-refractivity contribution in [2.24, 2.45) is 11.8 Å². The van der Waals surface area contributed by atoms with Gasteiger partial charge in [-0.2, -0.15) is 0 Å². The van der Waals surface area contributed by atoms with Crippen molar-refractivity contribution in [3.8, 4) is 0 Å². The van der Waals surface area contributed by atoms with Gasteiger partial charge in [-0.05, 0) is 63.9 Å². The van der Waals surface area contributed by atoms with Gasteiger partial charge in [0.05, 0.1) is 37.4 Å². The number of imide groups is 1. The van der Waals surface area contributed by atoms with Gasteiger partial charge in [-0.3, -0.25) is 14.4 Å². The van der Waals surface area contributed by atoms with Crippen molar-refractivity contribution in [2.45, 2.75) is 134 Å². The molecular formula is C36H51N3O11. The summed E-state index contributed by atoms with van der Waals surface area (Å²) in [7, 11) is 0. The van der Waals surface area contributed by atoms with Crippen LogP contribution in [0.25, 0.3) is 0 Å². The van der Waals surface area contributed by atoms with E-state index in [0.717, 1.165) is 31.3 Å². The Morgan fingerprint density at radius 2 is 1.84 bits per heavy atom. The zero-order valence-corrected chi connectivity index (χ0v) is 29.3. The molecule has 0 aromatic carbocycles. The van der Waals surface area contributed by atoms with Crippen molar-refractivity contribution in [1.29, 1.82) is 0 Å². The predicted molar refractivity (Wildman–Crippen MR) is 178 cm³/mol. The van der Waals surface area contributed by atoms with E-state index < -0.39 is 47.8 Å². The molecule has 5 saturated heterocycles. The van der Waals surface area contributed by atoms with Gasteiger partial charge in [-0.25, -0.2) is 9.59 Å². The van der Waals surface area contributed by atoms with E-state index in [1.807, 2.05) is 26.8 Å². The number of rotatable bonds is 11. The molecule has 0 aromatic heterocycles. The first-order chi connectivity index (χ1) is 23.8. The van der Waals surface area contributed by atoms with E-state index in [2.05, 4.69) is 18.3 Å². The first-order valence-electron chi connectivity index (χ1n) is 17.8. The van der Waals surface area contributed by atoms with Crippen molar-refractivity contribution in [1.82, 2.24) is 15.3 Å². The van der Waals surface area contributed by atoms with Crippen LogP contribution in [-0.2, 0) is 38.2 Å². The number of likely N-dealkylation sites (tertiary alicyclic amines) is 1. The number of nitrogens with one attached hydrogen (secondary N) is 1. The van der Waals surface area contributed by atoms with E-state index >= 15 is 0 Å². The molecule has 0 radical (unpaired) electrons. The number of nitrogens with zero attached hydrogens (tertiary/aromatic N) is 2. The summed E-state index contributed by atoms with van der Waals surface area (Å²) >= 11 is 0. The lowest BCUT2D eigenvalue weighted by Crippen LogP contribution is -2.50. The molecule has 14 nitrogen and oxygen atoms in total. The Bertz CT molecular complexity index is 1370. The van der Waals surface area contributed by atoms with Gasteiger partial charge in [0.25, 0.3) is 11.8 Å². The molecular weight excluding hydrogens is 650 g/mol. The first kappa shape index (κ1) is 37.7. The van der Waals surface area contributed by atoms with Crippen LogP contribution in [0.3, 0.4) is 0 Å². The molecule has 0 saturated carbocycles. The van der Waals surface area contributed by atoms with Gasteiger partial charge in [0.15, 0.2) is 0 Å². The number of carbonyl (C=O) groups is 5. The molecule has 14 heteroatoms. The monoisotopic (exact) mass is 701 g/mol. The molecule has 50 heavy (non-hydrogen) atoms. The minimum absolute atomic E-state index is 0.00906. The normalized spacial score (nSPS) is 35.6. The maximum atomic E-state index is 12.8. The van der Waals surface area contributed by atoms with Gasteiger partial charge in [-0.1, -0.05) is 43.7 Å². The number of aliphatic hydroxyl groups excluding tert-OH is 1. The Kier molecular flexibility index (Phi) is 12.2. The summed E-state index contributed by atoms with van der Waals surface area (Å²) in [6.07, 6.45) is 9.57. The molecule has 5 aliphatic heterocycles. The molecule has 0 bridgehead atoms. The second-order valence-electron chi connectivity index (χ2n) is 14.5. The van der Waals surface area contributed by atoms with Crippen LogP contribution in [0.15, 0.2) is 36.0 Å². The van der Waals surface area contributed by atoms with Crippen LogP contribution in [0.5, 0.6) is 0 Å². The molecule has 10 atom stereocenters. The maximum Gasteiger partial charge on any atom is 0.407 e. The van der Waals surface area contributed by atoms with Gasteiger partial charge in [0.1, 0.15) is 17.8 Å². The third-order valence-electron chi connectivity index (χ3n) is 10.6. The molecule has 5 heterocycles. The fraction of sp³-hybridized carbons (Fsp3) is 0.694. The van der Waals surface area contributed by atoms with Crippen LogP contribution in [-0.4, -0.2) is 111 Å². The highest BCUT2D eigenvalue weighted by atomic mass is 16.7. The second-order valence-corrected chi connectivity index (χ2v) is 14.5. The number of hydroxylamine groups is 2. The summed E-state index contributed by atoms with van der Waals surface area (Å²) < 4.78 is 18.0. The molecule has 1 spiro atoms. The zero-order chi connectivity index (χ0) is 36.2. The molecule has 4 amide bonds. The summed E-state index contributed by atoms with van der Waals surface area (Å²) in [6, 6.07) is -0.291. The zero-order valence-electron chi connectivity index (χ0n) is 29.3. The lowest BCUT2D eigenvalue weighted by atomic mass is 9.87. The molecule has 0 aliphatic carbocycles. The van der Waals surface area contributed by atoms with E-state index in [4.69, 9.17) is 19.0 Å². The molecule has 5 fully saturated rings. The molecule has 5 rings (SSSR count). The fourth-order valence-electron chi connectivity index (χ4n) is 7.45. The van der Waals surface area contributed by atoms with Crippen molar-refractivity contribution in [3.05, 3.63) is 36.0 Å². The van der Waals surface area contributed by atoms with E-state index in [1.165, 1.54) is 11.0 Å². The number of amides is 4. The number of epoxide rings is 1. The topological polar surface area (TPSA) is 185 Å². The number of piperidine rings is 1. The smallest absolute Gasteiger partial charge is 0.407 e. The lowest BCUT2D eigenvalue weighted by molar-refractivity contribution is -0.202. The maximum absolute atomic E-state index is 12.8. The van der Waals surface area contributed by atoms with Crippen LogP contribution in [0.4, 0.5) is 4.79 Å². The standard InChI is InChI=1S/C36H51N3O11/c1-21(9-12-29-34(44)36(20-47-36)19-25(49-29)18-33(43)50-39-31(41)14-15-32(39)42)8-11-28-23(3)17-26(24(4)48-28)37-30(40)13-10-22(2)27-7-5-6-16-38(27)35(45)46/h8-10,12-13,22-29,34,44H,5-7,11,14-20H2,1-4H3,(H,37,40)(H,45,46)/b12-9+,13-10-,21-8+/t22?,23-,24+,25+,26+,27-,28-,29+,34+,36+/m0/s1. The highest BCUT2D eigenvalue weighted by molar-refractivity contribution is 6.01. The number of hydrogen-bond acceptors (Lipinski definition) is 10. The van der Waals surface area contributed by atoms with Crippen LogP contribution in [0.2, 0.25) is 0 Å². The van der Waals surface area contributed by atoms with E-state index in [-0.39, 0.29) is 67.7 Å². The first-order valence-corrected chi connectivity index (χ1v) is 17.8. The highest BCUT2D eigenvalue weighted by Crippen LogP contribution is 2.43. The van der Waals surface area contributed by atoms with Crippen molar-refractivity contribution in [3.63, 3.8) is 0 Å². The third kappa shape index (κ3) is 9.19. The van der Waals surface area contributed by atoms with Crippen LogP contribution in [0, 0.1) is 11.8 Å².